The Balaban J connectivity index is 1.60. The average molecular weight is 330 g/mol. The van der Waals surface area contributed by atoms with Crippen LogP contribution in [0.1, 0.15) is 45.7 Å². The lowest BCUT2D eigenvalue weighted by Gasteiger charge is -2.11. The fourth-order valence-corrected chi connectivity index (χ4v) is 3.37. The Hall–Kier alpha value is -1.88. The molecule has 1 atom stereocenters. The molecule has 1 aromatic carbocycles. The van der Waals surface area contributed by atoms with Crippen molar-refractivity contribution in [3.63, 3.8) is 0 Å². The van der Waals surface area contributed by atoms with E-state index >= 15 is 0 Å². The van der Waals surface area contributed by atoms with Crippen LogP contribution < -0.4 is 10.1 Å². The Kier molecular flexibility index (Phi) is 4.66. The molecule has 3 rings (SSSR count). The minimum absolute atomic E-state index is 0.0130. The predicted molar refractivity (Wildman–Crippen MR) is 92.0 cm³/mol. The summed E-state index contributed by atoms with van der Waals surface area (Å²) in [6, 6.07) is 8.17. The summed E-state index contributed by atoms with van der Waals surface area (Å²) in [5, 5.41) is 3.91. The highest BCUT2D eigenvalue weighted by Gasteiger charge is 2.29. The summed E-state index contributed by atoms with van der Waals surface area (Å²) in [5.41, 5.74) is 1.98. The van der Waals surface area contributed by atoms with Crippen molar-refractivity contribution in [1.29, 1.82) is 0 Å². The van der Waals surface area contributed by atoms with Crippen LogP contribution in [0.2, 0.25) is 0 Å². The van der Waals surface area contributed by atoms with Crippen LogP contribution in [0, 0.1) is 19.8 Å². The number of aromatic nitrogens is 1. The van der Waals surface area contributed by atoms with Crippen LogP contribution in [-0.2, 0) is 6.61 Å². The fourth-order valence-electron chi connectivity index (χ4n) is 2.49. The number of carbonyl (C=O) groups is 1. The van der Waals surface area contributed by atoms with E-state index in [1.807, 2.05) is 38.1 Å². The number of rotatable bonds is 6. The summed E-state index contributed by atoms with van der Waals surface area (Å²) in [6.07, 6.45) is 2.44. The van der Waals surface area contributed by atoms with Gasteiger partial charge >= 0.3 is 0 Å². The minimum Gasteiger partial charge on any atom is -0.486 e. The first-order valence-corrected chi connectivity index (χ1v) is 8.81. The molecule has 0 saturated heterocycles. The lowest BCUT2D eigenvalue weighted by Crippen LogP contribution is -2.33. The van der Waals surface area contributed by atoms with Gasteiger partial charge in [0.05, 0.1) is 5.69 Å². The summed E-state index contributed by atoms with van der Waals surface area (Å²) in [6.45, 7) is 6.39. The van der Waals surface area contributed by atoms with Crippen LogP contribution in [0.5, 0.6) is 5.75 Å². The Bertz CT molecular complexity index is 690. The smallest absolute Gasteiger partial charge is 0.263 e. The number of aryl methyl sites for hydroxylation is 2. The first-order valence-electron chi connectivity index (χ1n) is 7.99. The number of nitrogens with zero attached hydrogens (tertiary/aromatic N) is 1. The summed E-state index contributed by atoms with van der Waals surface area (Å²) >= 11 is 1.42. The van der Waals surface area contributed by atoms with Gasteiger partial charge in [-0.15, -0.1) is 11.3 Å². The number of amides is 1. The standard InChI is InChI=1S/C18H22N2O2S/c1-11-4-8-15(9-5-11)22-10-16-19-13(3)17(23-16)18(21)20-12(2)14-6-7-14/h4-5,8-9,12,14H,6-7,10H2,1-3H3,(H,20,21). The van der Waals surface area contributed by atoms with E-state index in [2.05, 4.69) is 17.2 Å². The molecule has 0 spiro atoms. The molecular formula is C18H22N2O2S. The molecule has 2 aromatic rings. The van der Waals surface area contributed by atoms with E-state index in [0.717, 1.165) is 16.5 Å². The molecule has 4 nitrogen and oxygen atoms in total. The van der Waals surface area contributed by atoms with Crippen LogP contribution in [0.4, 0.5) is 0 Å². The lowest BCUT2D eigenvalue weighted by molar-refractivity contribution is 0.0939. The van der Waals surface area contributed by atoms with Gasteiger partial charge < -0.3 is 10.1 Å². The molecule has 1 aliphatic rings. The largest absolute Gasteiger partial charge is 0.486 e. The van der Waals surface area contributed by atoms with Gasteiger partial charge in [-0.05, 0) is 51.7 Å². The number of thiazole rings is 1. The van der Waals surface area contributed by atoms with Crippen LogP contribution in [0.3, 0.4) is 0 Å². The first kappa shape index (κ1) is 16.0. The third kappa shape index (κ3) is 4.10. The molecule has 5 heteroatoms. The molecule has 1 heterocycles. The van der Waals surface area contributed by atoms with E-state index in [1.165, 1.54) is 29.7 Å². The number of hydrogen-bond acceptors (Lipinski definition) is 4. The molecule has 0 aliphatic heterocycles. The number of hydrogen-bond donors (Lipinski definition) is 1. The summed E-state index contributed by atoms with van der Waals surface area (Å²) in [7, 11) is 0. The number of carbonyl (C=O) groups excluding carboxylic acids is 1. The zero-order valence-electron chi connectivity index (χ0n) is 13.8. The number of ether oxygens (including phenoxy) is 1. The summed E-state index contributed by atoms with van der Waals surface area (Å²) < 4.78 is 5.74. The second kappa shape index (κ2) is 6.71. The van der Waals surface area contributed by atoms with Gasteiger partial charge in [-0.1, -0.05) is 17.7 Å². The fraction of sp³-hybridized carbons (Fsp3) is 0.444. The van der Waals surface area contributed by atoms with Gasteiger partial charge in [0.2, 0.25) is 0 Å². The second-order valence-corrected chi connectivity index (χ2v) is 7.31. The van der Waals surface area contributed by atoms with Crippen molar-refractivity contribution in [1.82, 2.24) is 10.3 Å². The highest BCUT2D eigenvalue weighted by atomic mass is 32.1. The molecular weight excluding hydrogens is 308 g/mol. The van der Waals surface area contributed by atoms with Crippen LogP contribution >= 0.6 is 11.3 Å². The van der Waals surface area contributed by atoms with Gasteiger partial charge in [-0.25, -0.2) is 4.98 Å². The van der Waals surface area contributed by atoms with Crippen molar-refractivity contribution in [3.8, 4) is 5.75 Å². The Morgan fingerprint density at radius 1 is 1.35 bits per heavy atom. The molecule has 1 unspecified atom stereocenters. The Morgan fingerprint density at radius 3 is 2.70 bits per heavy atom. The average Bonchev–Trinajstić information content (AvgIpc) is 3.30. The maximum absolute atomic E-state index is 12.4. The molecule has 23 heavy (non-hydrogen) atoms. The van der Waals surface area contributed by atoms with Crippen molar-refractivity contribution in [2.24, 2.45) is 5.92 Å². The number of nitrogens with one attached hydrogen (secondary N) is 1. The van der Waals surface area contributed by atoms with Crippen molar-refractivity contribution in [3.05, 3.63) is 45.4 Å². The van der Waals surface area contributed by atoms with Crippen LogP contribution in [-0.4, -0.2) is 16.9 Å². The van der Waals surface area contributed by atoms with Gasteiger partial charge in [0.1, 0.15) is 22.2 Å². The summed E-state index contributed by atoms with van der Waals surface area (Å²) in [4.78, 5) is 17.5. The SMILES string of the molecule is Cc1ccc(OCc2nc(C)c(C(=O)NC(C)C3CC3)s2)cc1. The van der Waals surface area contributed by atoms with Crippen molar-refractivity contribution in [2.45, 2.75) is 46.3 Å². The molecule has 1 aromatic heterocycles. The summed E-state index contributed by atoms with van der Waals surface area (Å²) in [5.74, 6) is 1.45. The monoisotopic (exact) mass is 330 g/mol. The molecule has 1 aliphatic carbocycles. The third-order valence-corrected chi connectivity index (χ3v) is 5.25. The molecule has 0 bridgehead atoms. The quantitative estimate of drug-likeness (QED) is 0.875. The van der Waals surface area contributed by atoms with E-state index in [0.29, 0.717) is 17.4 Å². The zero-order valence-corrected chi connectivity index (χ0v) is 14.6. The first-order chi connectivity index (χ1) is 11.0. The highest BCUT2D eigenvalue weighted by Crippen LogP contribution is 2.32. The second-order valence-electron chi connectivity index (χ2n) is 6.22. The van der Waals surface area contributed by atoms with Crippen molar-refractivity contribution >= 4 is 17.2 Å². The molecule has 0 radical (unpaired) electrons. The van der Waals surface area contributed by atoms with Crippen LogP contribution in [0.25, 0.3) is 0 Å². The van der Waals surface area contributed by atoms with E-state index in [-0.39, 0.29) is 11.9 Å². The zero-order chi connectivity index (χ0) is 16.4. The Labute approximate surface area is 140 Å². The molecule has 1 amide bonds. The van der Waals surface area contributed by atoms with E-state index < -0.39 is 0 Å². The van der Waals surface area contributed by atoms with E-state index in [4.69, 9.17) is 4.74 Å². The van der Waals surface area contributed by atoms with Crippen molar-refractivity contribution in [2.75, 3.05) is 0 Å². The van der Waals surface area contributed by atoms with E-state index in [1.54, 1.807) is 0 Å². The van der Waals surface area contributed by atoms with Gasteiger partial charge in [0.15, 0.2) is 0 Å². The lowest BCUT2D eigenvalue weighted by atomic mass is 10.2. The third-order valence-electron chi connectivity index (χ3n) is 4.12. The molecule has 1 saturated carbocycles. The number of benzene rings is 1. The van der Waals surface area contributed by atoms with Crippen LogP contribution in [0.15, 0.2) is 24.3 Å². The van der Waals surface area contributed by atoms with Crippen molar-refractivity contribution < 1.29 is 9.53 Å². The van der Waals surface area contributed by atoms with Gasteiger partial charge in [0, 0.05) is 6.04 Å². The van der Waals surface area contributed by atoms with Gasteiger partial charge in [0.25, 0.3) is 5.91 Å². The molecule has 1 fully saturated rings. The minimum atomic E-state index is -0.0130. The maximum Gasteiger partial charge on any atom is 0.263 e. The molecule has 1 N–H and O–H groups in total. The Morgan fingerprint density at radius 2 is 2.04 bits per heavy atom. The van der Waals surface area contributed by atoms with Gasteiger partial charge in [-0.2, -0.15) is 0 Å². The topological polar surface area (TPSA) is 51.2 Å². The van der Waals surface area contributed by atoms with Gasteiger partial charge in [-0.3, -0.25) is 4.79 Å². The normalized spacial score (nSPS) is 15.3. The maximum atomic E-state index is 12.4. The predicted octanol–water partition coefficient (Wildman–Crippen LogP) is 3.87. The molecule has 122 valence electrons. The van der Waals surface area contributed by atoms with E-state index in [9.17, 15) is 4.79 Å². The highest BCUT2D eigenvalue weighted by molar-refractivity contribution is 7.13.